The van der Waals surface area contributed by atoms with Gasteiger partial charge in [0.1, 0.15) is 5.82 Å². The van der Waals surface area contributed by atoms with Gasteiger partial charge in [-0.25, -0.2) is 19.9 Å². The van der Waals surface area contributed by atoms with Gasteiger partial charge in [0.2, 0.25) is 0 Å². The first-order valence-corrected chi connectivity index (χ1v) is 14.8. The lowest BCUT2D eigenvalue weighted by Crippen LogP contribution is -2.00. The van der Waals surface area contributed by atoms with Crippen molar-refractivity contribution in [2.75, 3.05) is 0 Å². The minimum absolute atomic E-state index is 0.634. The van der Waals surface area contributed by atoms with Crippen LogP contribution in [0.3, 0.4) is 0 Å². The molecule has 45 heavy (non-hydrogen) atoms. The monoisotopic (exact) mass is 578 g/mol. The second kappa shape index (κ2) is 11.4. The molecule has 212 valence electrons. The van der Waals surface area contributed by atoms with Crippen molar-refractivity contribution in [1.82, 2.24) is 29.5 Å². The van der Waals surface area contributed by atoms with Gasteiger partial charge in [-0.2, -0.15) is 0 Å². The van der Waals surface area contributed by atoms with Gasteiger partial charge in [-0.3, -0.25) is 9.55 Å². The van der Waals surface area contributed by atoms with Crippen molar-refractivity contribution in [3.8, 4) is 62.4 Å². The van der Waals surface area contributed by atoms with Crippen LogP contribution in [0, 0.1) is 0 Å². The number of fused-ring (bicyclic) bond motifs is 1. The molecule has 6 heteroatoms. The van der Waals surface area contributed by atoms with Gasteiger partial charge in [0, 0.05) is 40.3 Å². The van der Waals surface area contributed by atoms with E-state index < -0.39 is 0 Å². The smallest absolute Gasteiger partial charge is 0.164 e. The molecule has 0 aliphatic carbocycles. The molecule has 8 rings (SSSR count). The van der Waals surface area contributed by atoms with E-state index >= 15 is 0 Å². The third-order valence-corrected chi connectivity index (χ3v) is 7.78. The van der Waals surface area contributed by atoms with E-state index in [0.29, 0.717) is 17.5 Å². The van der Waals surface area contributed by atoms with Crippen LogP contribution in [0.2, 0.25) is 0 Å². The molecule has 0 unspecified atom stereocenters. The van der Waals surface area contributed by atoms with Crippen molar-refractivity contribution in [1.29, 1.82) is 0 Å². The molecule has 0 amide bonds. The molecule has 3 aromatic heterocycles. The summed E-state index contributed by atoms with van der Waals surface area (Å²) in [6.45, 7) is 0. The summed E-state index contributed by atoms with van der Waals surface area (Å²) in [6.07, 6.45) is 3.60. The van der Waals surface area contributed by atoms with E-state index in [0.717, 1.165) is 55.9 Å². The molecular weight excluding hydrogens is 552 g/mol. The number of para-hydroxylation sites is 2. The van der Waals surface area contributed by atoms with Gasteiger partial charge >= 0.3 is 0 Å². The third-order valence-electron chi connectivity index (χ3n) is 7.78. The van der Waals surface area contributed by atoms with E-state index in [4.69, 9.17) is 19.9 Å². The Morgan fingerprint density at radius 3 is 1.56 bits per heavy atom. The highest BCUT2D eigenvalue weighted by atomic mass is 15.1. The molecule has 0 radical (unpaired) electrons. The molecule has 0 aliphatic heterocycles. The quantitative estimate of drug-likeness (QED) is 0.197. The van der Waals surface area contributed by atoms with Crippen LogP contribution in [0.1, 0.15) is 0 Å². The van der Waals surface area contributed by atoms with Crippen LogP contribution >= 0.6 is 0 Å². The SMILES string of the molecule is c1ccc(-c2nc(-c3ccccc3)nc(-c3ccc(-c4cccc(-n5c(-c6ccncc6)nc6ccccc65)c4)cc3)n2)cc1. The minimum Gasteiger partial charge on any atom is -0.292 e. The summed E-state index contributed by atoms with van der Waals surface area (Å²) in [5.41, 5.74) is 9.06. The zero-order chi connectivity index (χ0) is 30.0. The van der Waals surface area contributed by atoms with Crippen LogP contribution in [-0.2, 0) is 0 Å². The van der Waals surface area contributed by atoms with E-state index in [-0.39, 0.29) is 0 Å². The van der Waals surface area contributed by atoms with Gasteiger partial charge in [-0.15, -0.1) is 0 Å². The van der Waals surface area contributed by atoms with E-state index in [1.54, 1.807) is 12.4 Å². The first-order chi connectivity index (χ1) is 22.3. The summed E-state index contributed by atoms with van der Waals surface area (Å²) in [6, 6.07) is 49.2. The second-order valence-electron chi connectivity index (χ2n) is 10.7. The Kier molecular flexibility index (Phi) is 6.70. The Morgan fingerprint density at radius 1 is 0.378 bits per heavy atom. The largest absolute Gasteiger partial charge is 0.292 e. The molecule has 0 fully saturated rings. The Hall–Kier alpha value is -6.27. The van der Waals surface area contributed by atoms with Crippen LogP contribution in [0.4, 0.5) is 0 Å². The number of aromatic nitrogens is 6. The number of hydrogen-bond acceptors (Lipinski definition) is 5. The van der Waals surface area contributed by atoms with Crippen LogP contribution < -0.4 is 0 Å². The lowest BCUT2D eigenvalue weighted by molar-refractivity contribution is 1.07. The van der Waals surface area contributed by atoms with Crippen LogP contribution in [0.5, 0.6) is 0 Å². The normalized spacial score (nSPS) is 11.1. The predicted octanol–water partition coefficient (Wildman–Crippen LogP) is 8.94. The maximum atomic E-state index is 4.98. The fraction of sp³-hybridized carbons (Fsp3) is 0. The number of nitrogens with zero attached hydrogens (tertiary/aromatic N) is 6. The number of pyridine rings is 1. The number of rotatable bonds is 6. The first-order valence-electron chi connectivity index (χ1n) is 14.8. The van der Waals surface area contributed by atoms with Gasteiger partial charge in [-0.05, 0) is 47.5 Å². The summed E-state index contributed by atoms with van der Waals surface area (Å²) in [7, 11) is 0. The lowest BCUT2D eigenvalue weighted by Gasteiger charge is -2.12. The lowest BCUT2D eigenvalue weighted by atomic mass is 10.0. The summed E-state index contributed by atoms with van der Waals surface area (Å²) in [4.78, 5) is 23.8. The van der Waals surface area contributed by atoms with E-state index in [2.05, 4.69) is 64.1 Å². The van der Waals surface area contributed by atoms with Crippen LogP contribution in [0.15, 0.2) is 158 Å². The topological polar surface area (TPSA) is 69.4 Å². The van der Waals surface area contributed by atoms with E-state index in [1.165, 1.54) is 0 Å². The van der Waals surface area contributed by atoms with Crippen molar-refractivity contribution < 1.29 is 0 Å². The van der Waals surface area contributed by atoms with Crippen molar-refractivity contribution in [3.63, 3.8) is 0 Å². The van der Waals surface area contributed by atoms with Crippen LogP contribution in [0.25, 0.3) is 73.4 Å². The zero-order valence-corrected chi connectivity index (χ0v) is 24.2. The Labute approximate surface area is 260 Å². The first kappa shape index (κ1) is 26.4. The maximum Gasteiger partial charge on any atom is 0.164 e. The second-order valence-corrected chi connectivity index (χ2v) is 10.7. The minimum atomic E-state index is 0.634. The average molecular weight is 579 g/mol. The standard InChI is InChI=1S/C39H26N6/c1-3-10-28(11-4-1)36-42-37(29-12-5-2-6-13-29)44-38(43-36)30-20-18-27(19-21-30)32-14-9-15-33(26-32)45-35-17-8-7-16-34(35)41-39(45)31-22-24-40-25-23-31/h1-26H. The third kappa shape index (κ3) is 5.15. The molecule has 3 heterocycles. The highest BCUT2D eigenvalue weighted by Crippen LogP contribution is 2.32. The molecule has 6 nitrogen and oxygen atoms in total. The Morgan fingerprint density at radius 2 is 0.911 bits per heavy atom. The van der Waals surface area contributed by atoms with Crippen molar-refractivity contribution in [2.45, 2.75) is 0 Å². The molecule has 0 bridgehead atoms. The number of benzene rings is 5. The molecule has 0 spiro atoms. The van der Waals surface area contributed by atoms with Gasteiger partial charge < -0.3 is 0 Å². The fourth-order valence-electron chi connectivity index (χ4n) is 5.56. The molecule has 5 aromatic carbocycles. The molecule has 0 saturated carbocycles. The molecule has 0 aliphatic rings. The summed E-state index contributed by atoms with van der Waals surface area (Å²) >= 11 is 0. The maximum absolute atomic E-state index is 4.98. The number of hydrogen-bond donors (Lipinski definition) is 0. The van der Waals surface area contributed by atoms with Gasteiger partial charge in [0.25, 0.3) is 0 Å². The summed E-state index contributed by atoms with van der Waals surface area (Å²) < 4.78 is 2.21. The van der Waals surface area contributed by atoms with Crippen molar-refractivity contribution in [2.24, 2.45) is 0 Å². The summed E-state index contributed by atoms with van der Waals surface area (Å²) in [5.74, 6) is 2.81. The number of imidazole rings is 1. The van der Waals surface area contributed by atoms with Crippen molar-refractivity contribution >= 4 is 11.0 Å². The highest BCUT2D eigenvalue weighted by molar-refractivity contribution is 5.84. The zero-order valence-electron chi connectivity index (χ0n) is 24.2. The molecule has 0 saturated heterocycles. The van der Waals surface area contributed by atoms with E-state index in [9.17, 15) is 0 Å². The van der Waals surface area contributed by atoms with Crippen LogP contribution in [-0.4, -0.2) is 29.5 Å². The Balaban J connectivity index is 1.18. The van der Waals surface area contributed by atoms with Crippen molar-refractivity contribution in [3.05, 3.63) is 158 Å². The summed E-state index contributed by atoms with van der Waals surface area (Å²) in [5, 5.41) is 0. The molecule has 0 atom stereocenters. The molecular formula is C39H26N6. The van der Waals surface area contributed by atoms with Gasteiger partial charge in [-0.1, -0.05) is 109 Å². The molecule has 8 aromatic rings. The Bertz CT molecular complexity index is 2190. The average Bonchev–Trinajstić information content (AvgIpc) is 3.53. The fourth-order valence-corrected chi connectivity index (χ4v) is 5.56. The van der Waals surface area contributed by atoms with E-state index in [1.807, 2.05) is 91.0 Å². The predicted molar refractivity (Wildman–Crippen MR) is 179 cm³/mol. The van der Waals surface area contributed by atoms with Gasteiger partial charge in [0.15, 0.2) is 17.5 Å². The highest BCUT2D eigenvalue weighted by Gasteiger charge is 2.16. The molecule has 0 N–H and O–H groups in total. The van der Waals surface area contributed by atoms with Gasteiger partial charge in [0.05, 0.1) is 11.0 Å².